The lowest BCUT2D eigenvalue weighted by molar-refractivity contribution is -0.133. The Hall–Kier alpha value is -2.40. The van der Waals surface area contributed by atoms with Crippen molar-refractivity contribution in [1.82, 2.24) is 9.80 Å². The molecule has 1 atom stereocenters. The molecular formula is C22H27FN2O2. The molecule has 0 saturated heterocycles. The molecule has 0 spiro atoms. The molecule has 1 saturated carbocycles. The molecule has 0 aliphatic heterocycles. The van der Waals surface area contributed by atoms with Crippen LogP contribution in [0.25, 0.3) is 0 Å². The van der Waals surface area contributed by atoms with Crippen LogP contribution in [-0.2, 0) is 11.3 Å². The van der Waals surface area contributed by atoms with Gasteiger partial charge < -0.3 is 9.64 Å². The maximum atomic E-state index is 13.1. The lowest BCUT2D eigenvalue weighted by atomic mass is 10.1. The van der Waals surface area contributed by atoms with Crippen LogP contribution in [0.15, 0.2) is 48.5 Å². The Morgan fingerprint density at radius 2 is 1.78 bits per heavy atom. The number of likely N-dealkylation sites (N-methyl/N-ethyl adjacent to an activating group) is 1. The monoisotopic (exact) mass is 370 g/mol. The molecule has 0 heterocycles. The van der Waals surface area contributed by atoms with E-state index in [1.165, 1.54) is 17.7 Å². The van der Waals surface area contributed by atoms with Crippen molar-refractivity contribution in [1.29, 1.82) is 0 Å². The molecule has 3 rings (SSSR count). The Morgan fingerprint density at radius 1 is 1.15 bits per heavy atom. The predicted molar refractivity (Wildman–Crippen MR) is 104 cm³/mol. The molecule has 0 N–H and O–H groups in total. The summed E-state index contributed by atoms with van der Waals surface area (Å²) in [5, 5.41) is 0. The van der Waals surface area contributed by atoms with Crippen molar-refractivity contribution in [2.24, 2.45) is 0 Å². The lowest BCUT2D eigenvalue weighted by Gasteiger charge is -2.29. The second-order valence-electron chi connectivity index (χ2n) is 7.22. The van der Waals surface area contributed by atoms with Gasteiger partial charge in [-0.2, -0.15) is 0 Å². The van der Waals surface area contributed by atoms with Crippen LogP contribution in [0.1, 0.15) is 36.9 Å². The molecule has 5 heteroatoms. The summed E-state index contributed by atoms with van der Waals surface area (Å²) in [6.45, 7) is 3.11. The average molecular weight is 370 g/mol. The third-order valence-corrected chi connectivity index (χ3v) is 5.27. The Morgan fingerprint density at radius 3 is 2.33 bits per heavy atom. The summed E-state index contributed by atoms with van der Waals surface area (Å²) in [6, 6.07) is 14.7. The number of nitrogens with zero attached hydrogens (tertiary/aromatic N) is 2. The first kappa shape index (κ1) is 19.4. The summed E-state index contributed by atoms with van der Waals surface area (Å²) in [5.41, 5.74) is 2.10. The van der Waals surface area contributed by atoms with Gasteiger partial charge in [-0.05, 0) is 55.2 Å². The number of ether oxygens (including phenoxy) is 1. The Labute approximate surface area is 160 Å². The van der Waals surface area contributed by atoms with E-state index >= 15 is 0 Å². The van der Waals surface area contributed by atoms with Crippen molar-refractivity contribution in [3.8, 4) is 5.75 Å². The molecule has 2 aromatic carbocycles. The van der Waals surface area contributed by atoms with Gasteiger partial charge in [0.1, 0.15) is 11.6 Å². The highest BCUT2D eigenvalue weighted by Gasteiger charge is 2.31. The van der Waals surface area contributed by atoms with E-state index in [4.69, 9.17) is 4.74 Å². The van der Waals surface area contributed by atoms with Crippen molar-refractivity contribution in [3.05, 3.63) is 65.5 Å². The quantitative estimate of drug-likeness (QED) is 0.704. The van der Waals surface area contributed by atoms with E-state index in [2.05, 4.69) is 4.90 Å². The van der Waals surface area contributed by atoms with Crippen LogP contribution in [0.3, 0.4) is 0 Å². The largest absolute Gasteiger partial charge is 0.497 e. The molecule has 27 heavy (non-hydrogen) atoms. The highest BCUT2D eigenvalue weighted by Crippen LogP contribution is 2.29. The van der Waals surface area contributed by atoms with Gasteiger partial charge in [0.25, 0.3) is 0 Å². The molecule has 0 radical (unpaired) electrons. The van der Waals surface area contributed by atoms with Gasteiger partial charge in [-0.25, -0.2) is 4.39 Å². The summed E-state index contributed by atoms with van der Waals surface area (Å²) in [5.74, 6) is 0.646. The van der Waals surface area contributed by atoms with E-state index in [1.807, 2.05) is 38.2 Å². The van der Waals surface area contributed by atoms with Crippen LogP contribution >= 0.6 is 0 Å². The van der Waals surface area contributed by atoms with E-state index < -0.39 is 0 Å². The predicted octanol–water partition coefficient (Wildman–Crippen LogP) is 4.02. The first-order valence-electron chi connectivity index (χ1n) is 9.36. The van der Waals surface area contributed by atoms with Crippen molar-refractivity contribution < 1.29 is 13.9 Å². The minimum Gasteiger partial charge on any atom is -0.497 e. The maximum Gasteiger partial charge on any atom is 0.237 e. The summed E-state index contributed by atoms with van der Waals surface area (Å²) >= 11 is 0. The number of benzene rings is 2. The summed E-state index contributed by atoms with van der Waals surface area (Å²) < 4.78 is 18.3. The van der Waals surface area contributed by atoms with E-state index in [1.54, 1.807) is 24.1 Å². The normalized spacial score (nSPS) is 14.9. The molecule has 1 unspecified atom stereocenters. The lowest BCUT2D eigenvalue weighted by Crippen LogP contribution is -2.40. The number of hydrogen-bond donors (Lipinski definition) is 0. The zero-order valence-corrected chi connectivity index (χ0v) is 16.2. The standard InChI is InChI=1S/C22H27FN2O2/c1-16(18-6-8-19(23)9-7-18)24(2)22(26)15-25(20-10-11-20)14-17-4-12-21(27-3)13-5-17/h4-9,12-13,16,20H,10-11,14-15H2,1-3H3. The SMILES string of the molecule is COc1ccc(CN(CC(=O)N(C)C(C)c2ccc(F)cc2)C2CC2)cc1. The Bertz CT molecular complexity index is 757. The van der Waals surface area contributed by atoms with Gasteiger partial charge in [0.2, 0.25) is 5.91 Å². The van der Waals surface area contributed by atoms with Gasteiger partial charge in [-0.1, -0.05) is 24.3 Å². The second-order valence-corrected chi connectivity index (χ2v) is 7.22. The molecule has 0 bridgehead atoms. The topological polar surface area (TPSA) is 32.8 Å². The Kier molecular flexibility index (Phi) is 6.11. The van der Waals surface area contributed by atoms with Crippen molar-refractivity contribution in [3.63, 3.8) is 0 Å². The van der Waals surface area contributed by atoms with Crippen LogP contribution in [-0.4, -0.2) is 42.5 Å². The van der Waals surface area contributed by atoms with Crippen molar-refractivity contribution in [2.75, 3.05) is 20.7 Å². The highest BCUT2D eigenvalue weighted by atomic mass is 19.1. The average Bonchev–Trinajstić information content (AvgIpc) is 3.52. The van der Waals surface area contributed by atoms with Gasteiger partial charge in [-0.15, -0.1) is 0 Å². The van der Waals surface area contributed by atoms with Crippen LogP contribution in [0.2, 0.25) is 0 Å². The van der Waals surface area contributed by atoms with Crippen molar-refractivity contribution >= 4 is 5.91 Å². The first-order valence-corrected chi connectivity index (χ1v) is 9.36. The van der Waals surface area contributed by atoms with Crippen LogP contribution in [0.4, 0.5) is 4.39 Å². The van der Waals surface area contributed by atoms with Crippen LogP contribution in [0.5, 0.6) is 5.75 Å². The molecule has 0 aromatic heterocycles. The molecule has 144 valence electrons. The fourth-order valence-corrected chi connectivity index (χ4v) is 3.19. The minimum atomic E-state index is -0.265. The van der Waals surface area contributed by atoms with Crippen molar-refractivity contribution in [2.45, 2.75) is 38.4 Å². The number of halogens is 1. The third-order valence-electron chi connectivity index (χ3n) is 5.27. The molecule has 1 amide bonds. The summed E-state index contributed by atoms with van der Waals surface area (Å²) in [6.07, 6.45) is 2.28. The van der Waals surface area contributed by atoms with Crippen LogP contribution in [0, 0.1) is 5.82 Å². The first-order chi connectivity index (χ1) is 13.0. The number of carbonyl (C=O) groups is 1. The number of hydrogen-bond acceptors (Lipinski definition) is 3. The maximum absolute atomic E-state index is 13.1. The number of rotatable bonds is 8. The zero-order valence-electron chi connectivity index (χ0n) is 16.2. The van der Waals surface area contributed by atoms with Gasteiger partial charge in [-0.3, -0.25) is 9.69 Å². The molecule has 1 aliphatic rings. The van der Waals surface area contributed by atoms with Gasteiger partial charge >= 0.3 is 0 Å². The number of amides is 1. The smallest absolute Gasteiger partial charge is 0.237 e. The zero-order chi connectivity index (χ0) is 19.4. The molecular weight excluding hydrogens is 343 g/mol. The minimum absolute atomic E-state index is 0.0761. The summed E-state index contributed by atoms with van der Waals surface area (Å²) in [7, 11) is 3.47. The fraction of sp³-hybridized carbons (Fsp3) is 0.409. The highest BCUT2D eigenvalue weighted by molar-refractivity contribution is 5.78. The molecule has 1 fully saturated rings. The van der Waals surface area contributed by atoms with Gasteiger partial charge in [0.15, 0.2) is 0 Å². The third kappa shape index (κ3) is 5.07. The van der Waals surface area contributed by atoms with Crippen LogP contribution < -0.4 is 4.74 Å². The summed E-state index contributed by atoms with van der Waals surface area (Å²) in [4.78, 5) is 16.8. The fourth-order valence-electron chi connectivity index (χ4n) is 3.19. The second kappa shape index (κ2) is 8.53. The number of methoxy groups -OCH3 is 1. The molecule has 2 aromatic rings. The number of carbonyl (C=O) groups excluding carboxylic acids is 1. The molecule has 1 aliphatic carbocycles. The Balaban J connectivity index is 1.62. The van der Waals surface area contributed by atoms with E-state index in [9.17, 15) is 9.18 Å². The molecule has 4 nitrogen and oxygen atoms in total. The van der Waals surface area contributed by atoms with Gasteiger partial charge in [0.05, 0.1) is 19.7 Å². The van der Waals surface area contributed by atoms with E-state index in [0.717, 1.165) is 30.7 Å². The van der Waals surface area contributed by atoms with E-state index in [0.29, 0.717) is 12.6 Å². The van der Waals surface area contributed by atoms with Gasteiger partial charge in [0, 0.05) is 19.6 Å². The van der Waals surface area contributed by atoms with E-state index in [-0.39, 0.29) is 17.8 Å².